The summed E-state index contributed by atoms with van der Waals surface area (Å²) in [6, 6.07) is 6.25. The first-order valence-corrected chi connectivity index (χ1v) is 6.42. The second kappa shape index (κ2) is 5.99. The Morgan fingerprint density at radius 3 is 2.52 bits per heavy atom. The third kappa shape index (κ3) is 3.24. The van der Waals surface area contributed by atoms with E-state index in [-0.39, 0.29) is 11.7 Å². The summed E-state index contributed by atoms with van der Waals surface area (Å²) in [7, 11) is 3.26. The summed E-state index contributed by atoms with van der Waals surface area (Å²) in [5, 5.41) is 3.48. The van der Waals surface area contributed by atoms with Gasteiger partial charge < -0.3 is 10.2 Å². The van der Waals surface area contributed by atoms with Gasteiger partial charge >= 0.3 is 0 Å². The molecule has 1 aromatic carbocycles. The van der Waals surface area contributed by atoms with Crippen molar-refractivity contribution < 1.29 is 13.6 Å². The highest BCUT2D eigenvalue weighted by Gasteiger charge is 2.19. The highest BCUT2D eigenvalue weighted by Crippen LogP contribution is 2.24. The number of nitrogens with one attached hydrogen (secondary N) is 1. The molecule has 0 spiro atoms. The fraction of sp³-hybridized carbons (Fsp3) is 0.357. The van der Waals surface area contributed by atoms with Gasteiger partial charge in [-0.05, 0) is 19.1 Å². The van der Waals surface area contributed by atoms with E-state index in [1.165, 1.54) is 4.90 Å². The Labute approximate surface area is 121 Å². The number of aromatic nitrogens is 2. The molecule has 0 saturated heterocycles. The molecule has 21 heavy (non-hydrogen) atoms. The van der Waals surface area contributed by atoms with E-state index in [0.29, 0.717) is 10.9 Å². The fourth-order valence-corrected chi connectivity index (χ4v) is 1.96. The predicted molar refractivity (Wildman–Crippen MR) is 76.3 cm³/mol. The van der Waals surface area contributed by atoms with Gasteiger partial charge in [-0.15, -0.1) is 0 Å². The lowest BCUT2D eigenvalue weighted by molar-refractivity contribution is -0.129. The lowest BCUT2D eigenvalue weighted by atomic mass is 10.2. The topological polar surface area (TPSA) is 58.1 Å². The number of halogens is 2. The van der Waals surface area contributed by atoms with Gasteiger partial charge in [0.25, 0.3) is 6.43 Å². The Morgan fingerprint density at radius 1 is 1.24 bits per heavy atom. The summed E-state index contributed by atoms with van der Waals surface area (Å²) in [6.07, 6.45) is -2.77. The smallest absolute Gasteiger partial charge is 0.297 e. The largest absolute Gasteiger partial charge is 0.358 e. The van der Waals surface area contributed by atoms with Crippen molar-refractivity contribution in [2.75, 3.05) is 19.4 Å². The van der Waals surface area contributed by atoms with Crippen LogP contribution in [0, 0.1) is 0 Å². The minimum atomic E-state index is -2.77. The first-order chi connectivity index (χ1) is 9.90. The van der Waals surface area contributed by atoms with Crippen LogP contribution in [0.5, 0.6) is 0 Å². The number of nitrogens with zero attached hydrogens (tertiary/aromatic N) is 3. The number of amides is 1. The quantitative estimate of drug-likeness (QED) is 0.941. The number of rotatable bonds is 4. The maximum Gasteiger partial charge on any atom is 0.297 e. The molecule has 0 fully saturated rings. The second-order valence-corrected chi connectivity index (χ2v) is 4.85. The van der Waals surface area contributed by atoms with Gasteiger partial charge in [0.1, 0.15) is 11.9 Å². The molecule has 5 nitrogen and oxygen atoms in total. The van der Waals surface area contributed by atoms with Crippen molar-refractivity contribution in [2.24, 2.45) is 0 Å². The Bertz CT molecular complexity index is 660. The molecule has 1 heterocycles. The van der Waals surface area contributed by atoms with Crippen LogP contribution < -0.4 is 5.32 Å². The van der Waals surface area contributed by atoms with Gasteiger partial charge in [-0.25, -0.2) is 18.7 Å². The molecule has 0 unspecified atom stereocenters. The normalized spacial score (nSPS) is 12.5. The number of likely N-dealkylation sites (N-methyl/N-ethyl adjacent to an activating group) is 1. The van der Waals surface area contributed by atoms with Crippen LogP contribution in [0.25, 0.3) is 10.9 Å². The van der Waals surface area contributed by atoms with Gasteiger partial charge in [0.05, 0.1) is 5.52 Å². The Kier molecular flexibility index (Phi) is 4.30. The molecule has 1 N–H and O–H groups in total. The van der Waals surface area contributed by atoms with Crippen molar-refractivity contribution in [3.8, 4) is 0 Å². The number of hydrogen-bond acceptors (Lipinski definition) is 4. The zero-order chi connectivity index (χ0) is 15.6. The van der Waals surface area contributed by atoms with Crippen LogP contribution >= 0.6 is 0 Å². The highest BCUT2D eigenvalue weighted by atomic mass is 19.3. The van der Waals surface area contributed by atoms with E-state index >= 15 is 0 Å². The first kappa shape index (κ1) is 15.1. The molecule has 7 heteroatoms. The van der Waals surface area contributed by atoms with E-state index < -0.39 is 18.3 Å². The van der Waals surface area contributed by atoms with E-state index in [2.05, 4.69) is 15.3 Å². The summed E-state index contributed by atoms with van der Waals surface area (Å²) >= 11 is 0. The molecule has 112 valence electrons. The average Bonchev–Trinajstić information content (AvgIpc) is 2.45. The zero-order valence-corrected chi connectivity index (χ0v) is 12.0. The summed E-state index contributed by atoms with van der Waals surface area (Å²) in [5.74, 6) is -0.490. The Balaban J connectivity index is 2.44. The maximum atomic E-state index is 12.9. The van der Waals surface area contributed by atoms with Gasteiger partial charge in [-0.3, -0.25) is 4.79 Å². The van der Waals surface area contributed by atoms with Gasteiger partial charge in [0.15, 0.2) is 5.82 Å². The van der Waals surface area contributed by atoms with Crippen LogP contribution in [-0.4, -0.2) is 40.9 Å². The molecule has 2 rings (SSSR count). The Hall–Kier alpha value is -2.31. The summed E-state index contributed by atoms with van der Waals surface area (Å²) < 4.78 is 25.7. The molecular weight excluding hydrogens is 278 g/mol. The standard InChI is InChI=1S/C14H16F2N4O/c1-8(14(21)20(2)3)17-12-9-6-4-5-7-10(9)18-13(19-12)11(15)16/h4-8,11H,1-3H3,(H,17,18,19)/t8-/m0/s1. The zero-order valence-electron chi connectivity index (χ0n) is 12.0. The van der Waals surface area contributed by atoms with Crippen molar-refractivity contribution >= 4 is 22.6 Å². The molecule has 1 atom stereocenters. The van der Waals surface area contributed by atoms with Crippen LogP contribution in [0.1, 0.15) is 19.2 Å². The number of benzene rings is 1. The number of para-hydroxylation sites is 1. The lowest BCUT2D eigenvalue weighted by Gasteiger charge is -2.19. The molecule has 0 aliphatic rings. The van der Waals surface area contributed by atoms with Gasteiger partial charge in [0.2, 0.25) is 5.91 Å². The molecule has 0 bridgehead atoms. The van der Waals surface area contributed by atoms with Crippen molar-refractivity contribution in [3.63, 3.8) is 0 Å². The van der Waals surface area contributed by atoms with Crippen LogP contribution in [-0.2, 0) is 4.79 Å². The van der Waals surface area contributed by atoms with E-state index in [0.717, 1.165) is 0 Å². The summed E-state index contributed by atoms with van der Waals surface area (Å²) in [5.41, 5.74) is 0.412. The molecule has 1 amide bonds. The number of carbonyl (C=O) groups excluding carboxylic acids is 1. The number of alkyl halides is 2. The third-order valence-corrected chi connectivity index (χ3v) is 2.98. The van der Waals surface area contributed by atoms with Crippen molar-refractivity contribution in [2.45, 2.75) is 19.4 Å². The van der Waals surface area contributed by atoms with Crippen molar-refractivity contribution in [1.82, 2.24) is 14.9 Å². The van der Waals surface area contributed by atoms with Gasteiger partial charge in [-0.2, -0.15) is 0 Å². The maximum absolute atomic E-state index is 12.9. The van der Waals surface area contributed by atoms with Crippen LogP contribution in [0.4, 0.5) is 14.6 Å². The lowest BCUT2D eigenvalue weighted by Crippen LogP contribution is -2.37. The molecule has 0 aliphatic carbocycles. The van der Waals surface area contributed by atoms with Crippen molar-refractivity contribution in [1.29, 1.82) is 0 Å². The molecule has 0 aliphatic heterocycles. The Morgan fingerprint density at radius 2 is 1.90 bits per heavy atom. The van der Waals surface area contributed by atoms with E-state index in [4.69, 9.17) is 0 Å². The number of carbonyl (C=O) groups is 1. The van der Waals surface area contributed by atoms with Gasteiger partial charge in [0, 0.05) is 19.5 Å². The monoisotopic (exact) mass is 294 g/mol. The minimum Gasteiger partial charge on any atom is -0.358 e. The SMILES string of the molecule is C[C@H](Nc1nc(C(F)F)nc2ccccc12)C(=O)N(C)C. The van der Waals surface area contributed by atoms with Gasteiger partial charge in [-0.1, -0.05) is 12.1 Å². The number of fused-ring (bicyclic) bond motifs is 1. The highest BCUT2D eigenvalue weighted by molar-refractivity contribution is 5.92. The molecular formula is C14H16F2N4O. The second-order valence-electron chi connectivity index (χ2n) is 4.85. The summed E-state index contributed by atoms with van der Waals surface area (Å²) in [4.78, 5) is 21.0. The molecule has 0 saturated carbocycles. The minimum absolute atomic E-state index is 0.170. The molecule has 2 aromatic rings. The van der Waals surface area contributed by atoms with E-state index in [1.54, 1.807) is 45.3 Å². The number of hydrogen-bond donors (Lipinski definition) is 1. The van der Waals surface area contributed by atoms with Crippen LogP contribution in [0.15, 0.2) is 24.3 Å². The van der Waals surface area contributed by atoms with E-state index in [9.17, 15) is 13.6 Å². The predicted octanol–water partition coefficient (Wildman–Crippen LogP) is 2.46. The fourth-order valence-electron chi connectivity index (χ4n) is 1.96. The van der Waals surface area contributed by atoms with E-state index in [1.807, 2.05) is 0 Å². The molecule has 0 radical (unpaired) electrons. The number of anilines is 1. The summed E-state index contributed by atoms with van der Waals surface area (Å²) in [6.45, 7) is 1.65. The third-order valence-electron chi connectivity index (χ3n) is 2.98. The van der Waals surface area contributed by atoms with Crippen LogP contribution in [0.2, 0.25) is 0 Å². The molecule has 1 aromatic heterocycles. The average molecular weight is 294 g/mol. The van der Waals surface area contributed by atoms with Crippen molar-refractivity contribution in [3.05, 3.63) is 30.1 Å². The first-order valence-electron chi connectivity index (χ1n) is 6.42. The van der Waals surface area contributed by atoms with Crippen LogP contribution in [0.3, 0.4) is 0 Å².